The molecule has 178 valence electrons. The fourth-order valence-electron chi connectivity index (χ4n) is 4.87. The maximum Gasteiger partial charge on any atom is 0.323 e. The molecule has 9 heteroatoms. The summed E-state index contributed by atoms with van der Waals surface area (Å²) >= 11 is 0. The van der Waals surface area contributed by atoms with Crippen LogP contribution in [-0.2, 0) is 20.9 Å². The summed E-state index contributed by atoms with van der Waals surface area (Å²) in [7, 11) is 0. The molecule has 1 saturated heterocycles. The molecule has 0 atom stereocenters. The smallest absolute Gasteiger partial charge is 0.323 e. The van der Waals surface area contributed by atoms with Gasteiger partial charge in [0, 0.05) is 18.0 Å². The minimum absolute atomic E-state index is 0.0505. The Labute approximate surface area is 193 Å². The highest BCUT2D eigenvalue weighted by Gasteiger charge is 2.31. The first-order chi connectivity index (χ1) is 15.9. The van der Waals surface area contributed by atoms with E-state index in [1.165, 1.54) is 0 Å². The Kier molecular flexibility index (Phi) is 7.15. The van der Waals surface area contributed by atoms with Crippen molar-refractivity contribution in [3.8, 4) is 5.75 Å². The molecule has 4 rings (SSSR count). The van der Waals surface area contributed by atoms with E-state index in [9.17, 15) is 19.5 Å². The molecule has 0 spiro atoms. The van der Waals surface area contributed by atoms with Crippen molar-refractivity contribution >= 4 is 29.4 Å². The molecule has 2 fully saturated rings. The van der Waals surface area contributed by atoms with Gasteiger partial charge in [0.15, 0.2) is 0 Å². The van der Waals surface area contributed by atoms with Gasteiger partial charge in [-0.05, 0) is 44.2 Å². The number of amides is 2. The lowest BCUT2D eigenvalue weighted by molar-refractivity contribution is -0.146. The third-order valence-electron chi connectivity index (χ3n) is 6.57. The minimum atomic E-state index is -0.956. The first-order valence-corrected chi connectivity index (χ1v) is 11.8. The number of carboxylic acid groups (broad SMARTS) is 1. The van der Waals surface area contributed by atoms with Gasteiger partial charge in [-0.15, -0.1) is 0 Å². The van der Waals surface area contributed by atoms with E-state index in [2.05, 4.69) is 10.3 Å². The van der Waals surface area contributed by atoms with Crippen LogP contribution in [-0.4, -0.2) is 64.4 Å². The van der Waals surface area contributed by atoms with E-state index in [1.807, 2.05) is 24.0 Å². The number of aliphatic imine (C=N–C) groups is 1. The average Bonchev–Trinajstić information content (AvgIpc) is 3.16. The number of nitrogens with one attached hydrogen (secondary N) is 1. The van der Waals surface area contributed by atoms with Crippen LogP contribution < -0.4 is 10.1 Å². The van der Waals surface area contributed by atoms with Crippen LogP contribution in [0, 0.1) is 6.92 Å². The van der Waals surface area contributed by atoms with Gasteiger partial charge < -0.3 is 19.6 Å². The van der Waals surface area contributed by atoms with Crippen molar-refractivity contribution in [1.82, 2.24) is 15.1 Å². The van der Waals surface area contributed by atoms with Gasteiger partial charge >= 0.3 is 5.97 Å². The number of hydrogen-bond acceptors (Lipinski definition) is 6. The fourth-order valence-corrected chi connectivity index (χ4v) is 4.87. The summed E-state index contributed by atoms with van der Waals surface area (Å²) in [5.41, 5.74) is 2.78. The Hall–Kier alpha value is -3.10. The molecule has 3 aliphatic rings. The molecule has 0 radical (unpaired) electrons. The molecule has 2 heterocycles. The Morgan fingerprint density at radius 3 is 2.76 bits per heavy atom. The van der Waals surface area contributed by atoms with E-state index in [4.69, 9.17) is 4.74 Å². The van der Waals surface area contributed by atoms with E-state index in [1.54, 1.807) is 4.90 Å². The van der Waals surface area contributed by atoms with Crippen molar-refractivity contribution in [3.05, 3.63) is 23.3 Å². The highest BCUT2D eigenvalue weighted by atomic mass is 16.5. The highest BCUT2D eigenvalue weighted by molar-refractivity contribution is 6.06. The maximum absolute atomic E-state index is 12.8. The number of fused-ring (bicyclic) bond motifs is 2. The zero-order valence-corrected chi connectivity index (χ0v) is 19.1. The molecule has 1 aromatic carbocycles. The Morgan fingerprint density at radius 1 is 1.21 bits per heavy atom. The van der Waals surface area contributed by atoms with Gasteiger partial charge in [-0.1, -0.05) is 25.3 Å². The normalized spacial score (nSPS) is 17.7. The largest absolute Gasteiger partial charge is 0.493 e. The highest BCUT2D eigenvalue weighted by Crippen LogP contribution is 2.36. The number of carboxylic acids is 1. The van der Waals surface area contributed by atoms with Gasteiger partial charge in [-0.25, -0.2) is 4.99 Å². The van der Waals surface area contributed by atoms with Crippen LogP contribution in [0.4, 0.5) is 5.69 Å². The average molecular weight is 457 g/mol. The molecule has 0 bridgehead atoms. The number of rotatable bonds is 9. The molecule has 0 aromatic heterocycles. The number of carbonyl (C=O) groups is 3. The van der Waals surface area contributed by atoms with E-state index in [0.29, 0.717) is 44.9 Å². The Balaban J connectivity index is 1.30. The zero-order valence-electron chi connectivity index (χ0n) is 19.1. The van der Waals surface area contributed by atoms with Crippen molar-refractivity contribution < 1.29 is 24.2 Å². The van der Waals surface area contributed by atoms with Crippen LogP contribution in [0.1, 0.15) is 62.5 Å². The summed E-state index contributed by atoms with van der Waals surface area (Å²) in [4.78, 5) is 43.7. The minimum Gasteiger partial charge on any atom is -0.493 e. The monoisotopic (exact) mass is 456 g/mol. The number of nitrogens with zero attached hydrogens (tertiary/aromatic N) is 3. The molecule has 33 heavy (non-hydrogen) atoms. The van der Waals surface area contributed by atoms with E-state index >= 15 is 0 Å². The van der Waals surface area contributed by atoms with Gasteiger partial charge in [0.05, 0.1) is 18.8 Å². The lowest BCUT2D eigenvalue weighted by Crippen LogP contribution is -2.44. The predicted octanol–water partition coefficient (Wildman–Crippen LogP) is 2.72. The molecule has 2 N–H and O–H groups in total. The SMILES string of the molecule is Cc1ccc2c(c1OCCCCC(=O)N(CC(=O)O)C1CCCCC1)CN1CC(=O)NC1=N2. The number of carbonyl (C=O) groups excluding carboxylic acids is 2. The number of hydrogen-bond donors (Lipinski definition) is 2. The Bertz CT molecular complexity index is 954. The topological polar surface area (TPSA) is 112 Å². The molecule has 0 unspecified atom stereocenters. The fraction of sp³-hybridized carbons (Fsp3) is 0.583. The maximum atomic E-state index is 12.8. The van der Waals surface area contributed by atoms with E-state index < -0.39 is 5.97 Å². The molecule has 1 aliphatic carbocycles. The Morgan fingerprint density at radius 2 is 2.00 bits per heavy atom. The second kappa shape index (κ2) is 10.2. The number of aryl methyl sites for hydroxylation is 1. The summed E-state index contributed by atoms with van der Waals surface area (Å²) < 4.78 is 6.11. The van der Waals surface area contributed by atoms with Gasteiger partial charge in [-0.3, -0.25) is 19.7 Å². The first kappa shape index (κ1) is 23.1. The first-order valence-electron chi connectivity index (χ1n) is 11.8. The standard InChI is InChI=1S/C24H32N4O5/c1-16-10-11-19-18(13-27-14-20(29)26-24(27)25-19)23(16)33-12-6-5-9-21(30)28(15-22(31)32)17-7-3-2-4-8-17/h10-11,17H,2-9,12-15H2,1H3,(H,31,32)(H,25,26,29). The van der Waals surface area contributed by atoms with E-state index in [0.717, 1.165) is 54.7 Å². The van der Waals surface area contributed by atoms with Crippen molar-refractivity contribution in [1.29, 1.82) is 0 Å². The van der Waals surface area contributed by atoms with Crippen LogP contribution in [0.5, 0.6) is 5.75 Å². The molecular formula is C24H32N4O5. The van der Waals surface area contributed by atoms with Gasteiger partial charge in [-0.2, -0.15) is 0 Å². The van der Waals surface area contributed by atoms with Crippen molar-refractivity contribution in [2.45, 2.75) is 70.9 Å². The quantitative estimate of drug-likeness (QED) is 0.553. The van der Waals surface area contributed by atoms with Gasteiger partial charge in [0.1, 0.15) is 18.8 Å². The van der Waals surface area contributed by atoms with E-state index in [-0.39, 0.29) is 24.4 Å². The van der Waals surface area contributed by atoms with Gasteiger partial charge in [0.2, 0.25) is 17.8 Å². The number of guanidine groups is 1. The number of unbranched alkanes of at least 4 members (excludes halogenated alkanes) is 1. The van der Waals surface area contributed by atoms with Crippen LogP contribution in [0.15, 0.2) is 17.1 Å². The molecule has 1 saturated carbocycles. The van der Waals surface area contributed by atoms with Crippen LogP contribution >= 0.6 is 0 Å². The lowest BCUT2D eigenvalue weighted by atomic mass is 9.94. The molecule has 1 aromatic rings. The van der Waals surface area contributed by atoms with Crippen LogP contribution in [0.2, 0.25) is 0 Å². The predicted molar refractivity (Wildman–Crippen MR) is 122 cm³/mol. The number of benzene rings is 1. The summed E-state index contributed by atoms with van der Waals surface area (Å²) in [6.45, 7) is 3.08. The second-order valence-electron chi connectivity index (χ2n) is 9.06. The number of aliphatic carboxylic acids is 1. The molecule has 2 aliphatic heterocycles. The van der Waals surface area contributed by atoms with Gasteiger partial charge in [0.25, 0.3) is 0 Å². The number of ether oxygens (including phenoxy) is 1. The summed E-state index contributed by atoms with van der Waals surface area (Å²) in [6.07, 6.45) is 6.70. The van der Waals surface area contributed by atoms with Crippen LogP contribution in [0.25, 0.3) is 0 Å². The second-order valence-corrected chi connectivity index (χ2v) is 9.06. The molecule has 2 amide bonds. The third kappa shape index (κ3) is 5.46. The molecular weight excluding hydrogens is 424 g/mol. The van der Waals surface area contributed by atoms with Crippen molar-refractivity contribution in [2.75, 3.05) is 19.7 Å². The van der Waals surface area contributed by atoms with Crippen molar-refractivity contribution in [3.63, 3.8) is 0 Å². The summed E-state index contributed by atoms with van der Waals surface area (Å²) in [5, 5.41) is 12.0. The third-order valence-corrected chi connectivity index (χ3v) is 6.57. The molecule has 9 nitrogen and oxygen atoms in total. The van der Waals surface area contributed by atoms with Crippen LogP contribution in [0.3, 0.4) is 0 Å². The summed E-state index contributed by atoms with van der Waals surface area (Å²) in [5.74, 6) is 0.281. The zero-order chi connectivity index (χ0) is 23.4. The lowest BCUT2D eigenvalue weighted by Gasteiger charge is -2.33. The van der Waals surface area contributed by atoms with Crippen molar-refractivity contribution in [2.24, 2.45) is 4.99 Å². The summed E-state index contributed by atoms with van der Waals surface area (Å²) in [6, 6.07) is 3.95.